The average Bonchev–Trinajstić information content (AvgIpc) is 2.26. The van der Waals surface area contributed by atoms with Crippen molar-refractivity contribution in [3.8, 4) is 5.75 Å². The van der Waals surface area contributed by atoms with E-state index in [0.29, 0.717) is 6.61 Å². The van der Waals surface area contributed by atoms with Crippen LogP contribution in [0.1, 0.15) is 25.8 Å². The molecular weight excluding hydrogens is 190 g/mol. The zero-order chi connectivity index (χ0) is 11.3. The van der Waals surface area contributed by atoms with E-state index in [-0.39, 0.29) is 6.10 Å². The summed E-state index contributed by atoms with van der Waals surface area (Å²) >= 11 is 0. The van der Waals surface area contributed by atoms with Crippen molar-refractivity contribution in [2.75, 3.05) is 12.8 Å². The molecule has 1 rings (SSSR count). The summed E-state index contributed by atoms with van der Waals surface area (Å²) in [7, 11) is 1.65. The van der Waals surface area contributed by atoms with E-state index in [2.05, 4.69) is 13.8 Å². The summed E-state index contributed by atoms with van der Waals surface area (Å²) in [5.41, 5.74) is 7.44. The van der Waals surface area contributed by atoms with E-state index in [1.165, 1.54) is 0 Å². The third-order valence-electron chi connectivity index (χ3n) is 2.40. The van der Waals surface area contributed by atoms with Crippen molar-refractivity contribution >= 4 is 5.69 Å². The largest absolute Gasteiger partial charge is 0.496 e. The minimum atomic E-state index is 0.260. The number of hydrogen-bond acceptors (Lipinski definition) is 3. The third kappa shape index (κ3) is 3.44. The Bertz CT molecular complexity index is 312. The molecule has 1 aromatic carbocycles. The molecule has 2 N–H and O–H groups in total. The summed E-state index contributed by atoms with van der Waals surface area (Å²) in [6.07, 6.45) is 1.26. The lowest BCUT2D eigenvalue weighted by Crippen LogP contribution is -2.07. The lowest BCUT2D eigenvalue weighted by molar-refractivity contribution is 0.0497. The van der Waals surface area contributed by atoms with Gasteiger partial charge in [0.1, 0.15) is 5.75 Å². The smallest absolute Gasteiger partial charge is 0.124 e. The molecule has 0 unspecified atom stereocenters. The quantitative estimate of drug-likeness (QED) is 0.758. The standard InChI is InChI=1S/C12H19NO2/c1-4-9(2)15-8-10-7-11(13)5-6-12(10)14-3/h5-7,9H,4,8,13H2,1-3H3/t9-/m1/s1. The first kappa shape index (κ1) is 11.9. The Hall–Kier alpha value is -1.22. The Morgan fingerprint density at radius 2 is 2.13 bits per heavy atom. The molecule has 0 heterocycles. The number of hydrogen-bond donors (Lipinski definition) is 1. The average molecular weight is 209 g/mol. The lowest BCUT2D eigenvalue weighted by atomic mass is 10.2. The van der Waals surface area contributed by atoms with Gasteiger partial charge in [-0.15, -0.1) is 0 Å². The Morgan fingerprint density at radius 1 is 1.40 bits per heavy atom. The maximum atomic E-state index is 5.71. The van der Waals surface area contributed by atoms with Gasteiger partial charge in [-0.3, -0.25) is 0 Å². The molecular formula is C12H19NO2. The van der Waals surface area contributed by atoms with Crippen molar-refractivity contribution in [1.82, 2.24) is 0 Å². The van der Waals surface area contributed by atoms with Crippen molar-refractivity contribution in [2.24, 2.45) is 0 Å². The van der Waals surface area contributed by atoms with Gasteiger partial charge in [0.15, 0.2) is 0 Å². The van der Waals surface area contributed by atoms with E-state index < -0.39 is 0 Å². The van der Waals surface area contributed by atoms with Gasteiger partial charge in [0.05, 0.1) is 19.8 Å². The highest BCUT2D eigenvalue weighted by Crippen LogP contribution is 2.22. The Labute approximate surface area is 91.2 Å². The maximum absolute atomic E-state index is 5.71. The van der Waals surface area contributed by atoms with Crippen LogP contribution in [0.4, 0.5) is 5.69 Å². The van der Waals surface area contributed by atoms with Gasteiger partial charge in [-0.1, -0.05) is 6.92 Å². The van der Waals surface area contributed by atoms with Crippen LogP contribution in [0.25, 0.3) is 0 Å². The molecule has 0 radical (unpaired) electrons. The highest BCUT2D eigenvalue weighted by Gasteiger charge is 2.05. The van der Waals surface area contributed by atoms with Crippen molar-refractivity contribution in [3.63, 3.8) is 0 Å². The molecule has 84 valence electrons. The molecule has 0 aliphatic heterocycles. The topological polar surface area (TPSA) is 44.5 Å². The van der Waals surface area contributed by atoms with Crippen LogP contribution < -0.4 is 10.5 Å². The van der Waals surface area contributed by atoms with Crippen LogP contribution in [0.15, 0.2) is 18.2 Å². The van der Waals surface area contributed by atoms with Gasteiger partial charge in [-0.2, -0.15) is 0 Å². The predicted molar refractivity (Wildman–Crippen MR) is 61.9 cm³/mol. The molecule has 1 atom stereocenters. The van der Waals surface area contributed by atoms with E-state index in [1.807, 2.05) is 18.2 Å². The van der Waals surface area contributed by atoms with Crippen LogP contribution in [0.3, 0.4) is 0 Å². The number of nitrogen functional groups attached to an aromatic ring is 1. The van der Waals surface area contributed by atoms with Crippen LogP contribution in [0, 0.1) is 0 Å². The fourth-order valence-corrected chi connectivity index (χ4v) is 1.26. The Morgan fingerprint density at radius 3 is 2.73 bits per heavy atom. The van der Waals surface area contributed by atoms with E-state index >= 15 is 0 Å². The first-order valence-corrected chi connectivity index (χ1v) is 5.21. The second kappa shape index (κ2) is 5.61. The number of nitrogens with two attached hydrogens (primary N) is 1. The highest BCUT2D eigenvalue weighted by molar-refractivity contribution is 5.47. The second-order valence-electron chi connectivity index (χ2n) is 3.60. The van der Waals surface area contributed by atoms with Crippen LogP contribution in [0.5, 0.6) is 5.75 Å². The SMILES string of the molecule is CC[C@@H](C)OCc1cc(N)ccc1OC. The zero-order valence-electron chi connectivity index (χ0n) is 9.62. The van der Waals surface area contributed by atoms with Gasteiger partial charge in [0.25, 0.3) is 0 Å². The maximum Gasteiger partial charge on any atom is 0.124 e. The van der Waals surface area contributed by atoms with Crippen molar-refractivity contribution in [3.05, 3.63) is 23.8 Å². The lowest BCUT2D eigenvalue weighted by Gasteiger charge is -2.13. The molecule has 0 amide bonds. The molecule has 3 nitrogen and oxygen atoms in total. The van der Waals surface area contributed by atoms with Crippen LogP contribution in [-0.2, 0) is 11.3 Å². The molecule has 0 aromatic heterocycles. The number of ether oxygens (including phenoxy) is 2. The fraction of sp³-hybridized carbons (Fsp3) is 0.500. The predicted octanol–water partition coefficient (Wildman–Crippen LogP) is 2.59. The summed E-state index contributed by atoms with van der Waals surface area (Å²) in [6, 6.07) is 5.58. The van der Waals surface area contributed by atoms with Crippen molar-refractivity contribution in [2.45, 2.75) is 33.0 Å². The molecule has 15 heavy (non-hydrogen) atoms. The Balaban J connectivity index is 2.69. The van der Waals surface area contributed by atoms with E-state index in [9.17, 15) is 0 Å². The molecule has 0 saturated heterocycles. The highest BCUT2D eigenvalue weighted by atomic mass is 16.5. The van der Waals surface area contributed by atoms with Crippen LogP contribution >= 0.6 is 0 Å². The summed E-state index contributed by atoms with van der Waals surface area (Å²) in [6.45, 7) is 4.70. The second-order valence-corrected chi connectivity index (χ2v) is 3.60. The minimum Gasteiger partial charge on any atom is -0.496 e. The molecule has 0 fully saturated rings. The van der Waals surface area contributed by atoms with Gasteiger partial charge in [0.2, 0.25) is 0 Å². The molecule has 0 spiro atoms. The van der Waals surface area contributed by atoms with Gasteiger partial charge in [-0.05, 0) is 31.5 Å². The van der Waals surface area contributed by atoms with Gasteiger partial charge >= 0.3 is 0 Å². The number of methoxy groups -OCH3 is 1. The van der Waals surface area contributed by atoms with Crippen molar-refractivity contribution in [1.29, 1.82) is 0 Å². The Kier molecular flexibility index (Phi) is 4.43. The molecule has 0 bridgehead atoms. The molecule has 3 heteroatoms. The summed E-state index contributed by atoms with van der Waals surface area (Å²) < 4.78 is 10.9. The first-order chi connectivity index (χ1) is 7.17. The van der Waals surface area contributed by atoms with E-state index in [4.69, 9.17) is 15.2 Å². The number of rotatable bonds is 5. The third-order valence-corrected chi connectivity index (χ3v) is 2.40. The zero-order valence-corrected chi connectivity index (χ0v) is 9.62. The first-order valence-electron chi connectivity index (χ1n) is 5.21. The number of anilines is 1. The van der Waals surface area contributed by atoms with Gasteiger partial charge in [-0.25, -0.2) is 0 Å². The summed E-state index contributed by atoms with van der Waals surface area (Å²) in [5, 5.41) is 0. The van der Waals surface area contributed by atoms with E-state index in [0.717, 1.165) is 23.4 Å². The van der Waals surface area contributed by atoms with Gasteiger partial charge in [0, 0.05) is 11.3 Å². The number of benzene rings is 1. The van der Waals surface area contributed by atoms with Crippen LogP contribution in [0.2, 0.25) is 0 Å². The molecule has 0 aliphatic rings. The fourth-order valence-electron chi connectivity index (χ4n) is 1.26. The summed E-state index contributed by atoms with van der Waals surface area (Å²) in [5.74, 6) is 0.826. The van der Waals surface area contributed by atoms with Crippen LogP contribution in [-0.4, -0.2) is 13.2 Å². The molecule has 0 saturated carbocycles. The minimum absolute atomic E-state index is 0.260. The summed E-state index contributed by atoms with van der Waals surface area (Å²) in [4.78, 5) is 0. The van der Waals surface area contributed by atoms with Gasteiger partial charge < -0.3 is 15.2 Å². The van der Waals surface area contributed by atoms with Crippen molar-refractivity contribution < 1.29 is 9.47 Å². The molecule has 0 aliphatic carbocycles. The monoisotopic (exact) mass is 209 g/mol. The molecule has 1 aromatic rings. The van der Waals surface area contributed by atoms with E-state index in [1.54, 1.807) is 7.11 Å². The normalized spacial score (nSPS) is 12.5.